The maximum atomic E-state index is 10.6. The number of aromatic carboxylic acids is 1. The first-order valence-corrected chi connectivity index (χ1v) is 5.25. The molecule has 1 aromatic heterocycles. The van der Waals surface area contributed by atoms with E-state index in [1.807, 2.05) is 4.57 Å². The molecule has 0 atom stereocenters. The minimum absolute atomic E-state index is 0. The van der Waals surface area contributed by atoms with E-state index in [1.165, 1.54) is 12.8 Å². The molecule has 1 aliphatic heterocycles. The molecular weight excluding hydrogens is 201 g/mol. The van der Waals surface area contributed by atoms with Crippen LogP contribution in [0.15, 0.2) is 6.20 Å². The molecule has 2 heterocycles. The zero-order valence-electron chi connectivity index (χ0n) is 9.35. The monoisotopic (exact) mass is 213 g/mol. The predicted octanol–water partition coefficient (Wildman–Crippen LogP) is -3.77. The number of fused-ring (bicyclic) bond motifs is 1. The van der Waals surface area contributed by atoms with Crippen LogP contribution in [0.3, 0.4) is 0 Å². The van der Waals surface area contributed by atoms with Gasteiger partial charge in [-0.25, -0.2) is 4.98 Å². The van der Waals surface area contributed by atoms with Gasteiger partial charge in [0.05, 0.1) is 12.5 Å². The van der Waals surface area contributed by atoms with Gasteiger partial charge in [0, 0.05) is 25.3 Å². The van der Waals surface area contributed by atoms with E-state index < -0.39 is 5.97 Å². The van der Waals surface area contributed by atoms with Gasteiger partial charge < -0.3 is 14.5 Å². The molecule has 2 aliphatic rings. The zero-order chi connectivity index (χ0) is 10.4. The van der Waals surface area contributed by atoms with Crippen LogP contribution < -0.4 is 24.0 Å². The number of aromatic nitrogens is 2. The predicted molar refractivity (Wildman–Crippen MR) is 50.0 cm³/mol. The maximum absolute atomic E-state index is 10.6. The van der Waals surface area contributed by atoms with Crippen LogP contribution >= 0.6 is 0 Å². The Balaban J connectivity index is 0.000000963. The second-order valence-corrected chi connectivity index (χ2v) is 4.22. The summed E-state index contributed by atoms with van der Waals surface area (Å²) in [6.45, 7) is 2.62. The average molecular weight is 213 g/mol. The second kappa shape index (κ2) is 4.25. The smallest absolute Gasteiger partial charge is 0.543 e. The van der Waals surface area contributed by atoms with Gasteiger partial charge in [-0.1, -0.05) is 0 Å². The Morgan fingerprint density at radius 3 is 2.81 bits per heavy atom. The Labute approximate surface area is 106 Å². The molecule has 0 radical (unpaired) electrons. The second-order valence-electron chi connectivity index (χ2n) is 4.22. The van der Waals surface area contributed by atoms with Crippen LogP contribution in [0.4, 0.5) is 0 Å². The van der Waals surface area contributed by atoms with Crippen LogP contribution in [-0.2, 0) is 13.1 Å². The number of carbonyl (C=O) groups excluding carboxylic acids is 1. The molecule has 16 heavy (non-hydrogen) atoms. The Hall–Kier alpha value is -0.763. The summed E-state index contributed by atoms with van der Waals surface area (Å²) in [6, 6.07) is 0.710. The molecule has 0 spiro atoms. The Morgan fingerprint density at radius 1 is 1.44 bits per heavy atom. The van der Waals surface area contributed by atoms with E-state index in [-0.39, 0.29) is 24.6 Å². The Bertz CT molecular complexity index is 414. The van der Waals surface area contributed by atoms with Crippen molar-refractivity contribution < 1.29 is 28.8 Å². The van der Waals surface area contributed by atoms with Crippen molar-refractivity contribution in [2.45, 2.75) is 32.0 Å². The molecule has 0 amide bonds. The molecule has 0 unspecified atom stereocenters. The topological polar surface area (TPSA) is 61.2 Å². The van der Waals surface area contributed by atoms with Gasteiger partial charge in [0.25, 0.3) is 0 Å². The van der Waals surface area contributed by atoms with Gasteiger partial charge in [-0.05, 0) is 12.8 Å². The molecule has 0 bridgehead atoms. The summed E-state index contributed by atoms with van der Waals surface area (Å²) < 4.78 is 1.92. The molecule has 1 saturated carbocycles. The van der Waals surface area contributed by atoms with Crippen molar-refractivity contribution in [2.24, 2.45) is 0 Å². The van der Waals surface area contributed by atoms with E-state index in [1.54, 1.807) is 6.20 Å². The summed E-state index contributed by atoms with van der Waals surface area (Å²) in [7, 11) is 0. The summed E-state index contributed by atoms with van der Waals surface area (Å²) >= 11 is 0. The minimum Gasteiger partial charge on any atom is -0.543 e. The molecule has 0 N–H and O–H groups in total. The van der Waals surface area contributed by atoms with Gasteiger partial charge in [0.2, 0.25) is 0 Å². The fraction of sp³-hybridized carbons (Fsp3) is 0.600. The SMILES string of the molecule is O=C([O-])c1cn2c(n1)CN(C1CC1)CC2.[Li+]. The van der Waals surface area contributed by atoms with E-state index in [9.17, 15) is 9.90 Å². The number of carboxylic acids is 1. The van der Waals surface area contributed by atoms with Crippen LogP contribution in [0.5, 0.6) is 0 Å². The fourth-order valence-electron chi connectivity index (χ4n) is 2.12. The van der Waals surface area contributed by atoms with Crippen LogP contribution in [0.2, 0.25) is 0 Å². The van der Waals surface area contributed by atoms with Crippen molar-refractivity contribution in [3.63, 3.8) is 0 Å². The molecule has 3 rings (SSSR count). The molecule has 0 saturated heterocycles. The number of carboxylic acid groups (broad SMARTS) is 1. The van der Waals surface area contributed by atoms with E-state index in [0.29, 0.717) is 6.04 Å². The van der Waals surface area contributed by atoms with Gasteiger partial charge in [-0.15, -0.1) is 0 Å². The quantitative estimate of drug-likeness (QED) is 0.473. The van der Waals surface area contributed by atoms with Crippen LogP contribution in [0, 0.1) is 0 Å². The zero-order valence-corrected chi connectivity index (χ0v) is 9.35. The molecule has 1 aromatic rings. The van der Waals surface area contributed by atoms with Gasteiger partial charge in [-0.2, -0.15) is 0 Å². The van der Waals surface area contributed by atoms with Crippen LogP contribution in [0.25, 0.3) is 0 Å². The van der Waals surface area contributed by atoms with E-state index >= 15 is 0 Å². The van der Waals surface area contributed by atoms with Gasteiger partial charge >= 0.3 is 18.9 Å². The molecule has 1 fully saturated rings. The number of hydrogen-bond donors (Lipinski definition) is 0. The fourth-order valence-corrected chi connectivity index (χ4v) is 2.12. The number of imidazole rings is 1. The van der Waals surface area contributed by atoms with Crippen molar-refractivity contribution in [3.05, 3.63) is 17.7 Å². The molecule has 1 aliphatic carbocycles. The summed E-state index contributed by atoms with van der Waals surface area (Å²) in [6.07, 6.45) is 4.12. The van der Waals surface area contributed by atoms with Crippen LogP contribution in [-0.4, -0.2) is 33.0 Å². The third kappa shape index (κ3) is 2.03. The third-order valence-electron chi connectivity index (χ3n) is 3.10. The normalized spacial score (nSPS) is 20.0. The van der Waals surface area contributed by atoms with Crippen molar-refractivity contribution >= 4 is 5.97 Å². The minimum atomic E-state index is -1.19. The number of hydrogen-bond acceptors (Lipinski definition) is 4. The summed E-state index contributed by atoms with van der Waals surface area (Å²) in [5.41, 5.74) is 0.0580. The van der Waals surface area contributed by atoms with E-state index in [0.717, 1.165) is 25.5 Å². The van der Waals surface area contributed by atoms with Gasteiger partial charge in [0.1, 0.15) is 11.5 Å². The largest absolute Gasteiger partial charge is 1.00 e. The number of nitrogens with zero attached hydrogens (tertiary/aromatic N) is 3. The van der Waals surface area contributed by atoms with E-state index in [2.05, 4.69) is 9.88 Å². The molecule has 6 heteroatoms. The van der Waals surface area contributed by atoms with Crippen LogP contribution in [0.1, 0.15) is 29.2 Å². The van der Waals surface area contributed by atoms with E-state index in [4.69, 9.17) is 0 Å². The first-order valence-electron chi connectivity index (χ1n) is 5.25. The summed E-state index contributed by atoms with van der Waals surface area (Å²) in [5.74, 6) is -0.331. The molecular formula is C10H12LiN3O2. The molecule has 5 nitrogen and oxygen atoms in total. The average Bonchev–Trinajstić information content (AvgIpc) is 2.96. The first kappa shape index (κ1) is 11.7. The van der Waals surface area contributed by atoms with Crippen molar-refractivity contribution in [2.75, 3.05) is 6.54 Å². The standard InChI is InChI=1S/C10H13N3O2.Li/c14-10(15)8-5-13-4-3-12(7-1-2-7)6-9(13)11-8;/h5,7H,1-4,6H2,(H,14,15);/q;+1/p-1. The van der Waals surface area contributed by atoms with Crippen molar-refractivity contribution in [3.8, 4) is 0 Å². The van der Waals surface area contributed by atoms with Gasteiger partial charge in [-0.3, -0.25) is 4.90 Å². The molecule has 80 valence electrons. The Morgan fingerprint density at radius 2 is 2.19 bits per heavy atom. The van der Waals surface area contributed by atoms with Crippen molar-refractivity contribution in [1.82, 2.24) is 14.5 Å². The molecule has 0 aromatic carbocycles. The summed E-state index contributed by atoms with van der Waals surface area (Å²) in [4.78, 5) is 17.1. The number of carbonyl (C=O) groups is 1. The summed E-state index contributed by atoms with van der Waals surface area (Å²) in [5, 5.41) is 10.6. The first-order chi connectivity index (χ1) is 7.24. The number of rotatable bonds is 2. The maximum Gasteiger partial charge on any atom is 1.00 e. The van der Waals surface area contributed by atoms with Crippen molar-refractivity contribution in [1.29, 1.82) is 0 Å². The van der Waals surface area contributed by atoms with Gasteiger partial charge in [0.15, 0.2) is 0 Å². The third-order valence-corrected chi connectivity index (χ3v) is 3.10. The Kier molecular flexibility index (Phi) is 3.11.